The summed E-state index contributed by atoms with van der Waals surface area (Å²) in [5.41, 5.74) is 6.29. The summed E-state index contributed by atoms with van der Waals surface area (Å²) in [6.45, 7) is 0.447. The highest BCUT2D eigenvalue weighted by atomic mass is 16.6. The number of amides is 1. The fourth-order valence-electron chi connectivity index (χ4n) is 1.34. The van der Waals surface area contributed by atoms with Crippen molar-refractivity contribution in [3.8, 4) is 0 Å². The molecule has 8 nitrogen and oxygen atoms in total. The molecule has 2 aromatic heterocycles. The number of nitrogens with zero attached hydrogens (tertiary/aromatic N) is 4. The molecule has 2 aromatic rings. The highest BCUT2D eigenvalue weighted by Crippen LogP contribution is 2.03. The predicted octanol–water partition coefficient (Wildman–Crippen LogP) is -0.642. The highest BCUT2D eigenvalue weighted by Gasteiger charge is 2.15. The number of nitrogen functional groups attached to an aromatic ring is 1. The second-order valence-electron chi connectivity index (χ2n) is 3.48. The molecule has 0 aliphatic heterocycles. The van der Waals surface area contributed by atoms with Crippen LogP contribution < -0.4 is 11.1 Å². The SMILES string of the molecule is Cn1ccc(CCNC(=O)c2nonc2N)n1. The van der Waals surface area contributed by atoms with E-state index in [4.69, 9.17) is 5.73 Å². The molecule has 90 valence electrons. The van der Waals surface area contributed by atoms with E-state index in [0.717, 1.165) is 5.69 Å². The van der Waals surface area contributed by atoms with Gasteiger partial charge < -0.3 is 11.1 Å². The molecule has 3 N–H and O–H groups in total. The Bertz CT molecular complexity index is 517. The molecule has 2 heterocycles. The van der Waals surface area contributed by atoms with Gasteiger partial charge in [-0.05, 0) is 16.4 Å². The van der Waals surface area contributed by atoms with Crippen LogP contribution >= 0.6 is 0 Å². The third-order valence-electron chi connectivity index (χ3n) is 2.16. The first-order chi connectivity index (χ1) is 8.16. The maximum atomic E-state index is 11.5. The number of aryl methyl sites for hydroxylation is 1. The zero-order valence-electron chi connectivity index (χ0n) is 9.25. The van der Waals surface area contributed by atoms with Gasteiger partial charge in [0, 0.05) is 26.2 Å². The molecule has 0 saturated heterocycles. The number of rotatable bonds is 4. The van der Waals surface area contributed by atoms with Gasteiger partial charge in [-0.25, -0.2) is 4.63 Å². The van der Waals surface area contributed by atoms with Crippen LogP contribution in [0.2, 0.25) is 0 Å². The quantitative estimate of drug-likeness (QED) is 0.730. The lowest BCUT2D eigenvalue weighted by molar-refractivity contribution is 0.0945. The average molecular weight is 236 g/mol. The number of nitrogens with two attached hydrogens (primary N) is 1. The van der Waals surface area contributed by atoms with Gasteiger partial charge in [-0.15, -0.1) is 0 Å². The van der Waals surface area contributed by atoms with Gasteiger partial charge in [-0.2, -0.15) is 5.10 Å². The van der Waals surface area contributed by atoms with Crippen molar-refractivity contribution in [2.24, 2.45) is 7.05 Å². The van der Waals surface area contributed by atoms with E-state index in [1.165, 1.54) is 0 Å². The number of anilines is 1. The molecule has 0 fully saturated rings. The van der Waals surface area contributed by atoms with Crippen LogP contribution in [0.1, 0.15) is 16.2 Å². The summed E-state index contributed by atoms with van der Waals surface area (Å²) in [5, 5.41) is 13.6. The van der Waals surface area contributed by atoms with E-state index in [2.05, 4.69) is 25.4 Å². The Balaban J connectivity index is 1.83. The largest absolute Gasteiger partial charge is 0.379 e. The fourth-order valence-corrected chi connectivity index (χ4v) is 1.34. The molecule has 0 spiro atoms. The average Bonchev–Trinajstić information content (AvgIpc) is 2.87. The van der Waals surface area contributed by atoms with Gasteiger partial charge in [0.15, 0.2) is 0 Å². The van der Waals surface area contributed by atoms with Gasteiger partial charge >= 0.3 is 0 Å². The number of aromatic nitrogens is 4. The van der Waals surface area contributed by atoms with Gasteiger partial charge in [0.1, 0.15) is 0 Å². The summed E-state index contributed by atoms with van der Waals surface area (Å²) in [5.74, 6) is -0.417. The second-order valence-corrected chi connectivity index (χ2v) is 3.48. The fraction of sp³-hybridized carbons (Fsp3) is 0.333. The maximum absolute atomic E-state index is 11.5. The maximum Gasteiger partial charge on any atom is 0.277 e. The topological polar surface area (TPSA) is 112 Å². The van der Waals surface area contributed by atoms with E-state index in [1.54, 1.807) is 4.68 Å². The Hall–Kier alpha value is -2.38. The lowest BCUT2D eigenvalue weighted by atomic mass is 10.3. The molecular formula is C9H12N6O2. The molecule has 0 aliphatic carbocycles. The molecular weight excluding hydrogens is 224 g/mol. The minimum absolute atomic E-state index is 0.00557. The normalized spacial score (nSPS) is 10.4. The molecule has 0 bridgehead atoms. The molecule has 0 aromatic carbocycles. The summed E-state index contributed by atoms with van der Waals surface area (Å²) in [6.07, 6.45) is 2.48. The molecule has 0 saturated carbocycles. The minimum atomic E-state index is -0.403. The minimum Gasteiger partial charge on any atom is -0.379 e. The van der Waals surface area contributed by atoms with Crippen molar-refractivity contribution in [3.05, 3.63) is 23.7 Å². The summed E-state index contributed by atoms with van der Waals surface area (Å²) in [4.78, 5) is 11.5. The van der Waals surface area contributed by atoms with Crippen LogP contribution in [0.25, 0.3) is 0 Å². The number of carbonyl (C=O) groups is 1. The molecule has 0 radical (unpaired) electrons. The predicted molar refractivity (Wildman–Crippen MR) is 58.0 cm³/mol. The van der Waals surface area contributed by atoms with Crippen molar-refractivity contribution in [3.63, 3.8) is 0 Å². The standard InChI is InChI=1S/C9H12N6O2/c1-15-5-3-6(12-15)2-4-11-9(16)7-8(10)14-17-13-7/h3,5H,2,4H2,1H3,(H2,10,14)(H,11,16). The number of hydrogen-bond donors (Lipinski definition) is 2. The first-order valence-corrected chi connectivity index (χ1v) is 5.01. The van der Waals surface area contributed by atoms with E-state index in [1.807, 2.05) is 19.3 Å². The third kappa shape index (κ3) is 2.60. The lowest BCUT2D eigenvalue weighted by Crippen LogP contribution is -2.26. The van der Waals surface area contributed by atoms with Crippen LogP contribution in [-0.2, 0) is 13.5 Å². The van der Waals surface area contributed by atoms with E-state index < -0.39 is 5.91 Å². The Morgan fingerprint density at radius 1 is 1.59 bits per heavy atom. The zero-order valence-corrected chi connectivity index (χ0v) is 9.25. The van der Waals surface area contributed by atoms with Crippen LogP contribution in [0.4, 0.5) is 5.82 Å². The van der Waals surface area contributed by atoms with Crippen LogP contribution in [0, 0.1) is 0 Å². The molecule has 2 rings (SSSR count). The summed E-state index contributed by atoms with van der Waals surface area (Å²) in [7, 11) is 1.84. The Morgan fingerprint density at radius 3 is 3.00 bits per heavy atom. The monoisotopic (exact) mass is 236 g/mol. The Morgan fingerprint density at radius 2 is 2.41 bits per heavy atom. The van der Waals surface area contributed by atoms with Crippen molar-refractivity contribution in [2.45, 2.75) is 6.42 Å². The first kappa shape index (κ1) is 11.1. The van der Waals surface area contributed by atoms with Gasteiger partial charge in [-0.3, -0.25) is 9.48 Å². The smallest absolute Gasteiger partial charge is 0.277 e. The third-order valence-corrected chi connectivity index (χ3v) is 2.16. The molecule has 17 heavy (non-hydrogen) atoms. The van der Waals surface area contributed by atoms with Crippen molar-refractivity contribution in [1.82, 2.24) is 25.4 Å². The van der Waals surface area contributed by atoms with Crippen LogP contribution in [0.3, 0.4) is 0 Å². The summed E-state index contributed by atoms with van der Waals surface area (Å²) in [6, 6.07) is 1.89. The summed E-state index contributed by atoms with van der Waals surface area (Å²) < 4.78 is 6.04. The lowest BCUT2D eigenvalue weighted by Gasteiger charge is -2.00. The number of hydrogen-bond acceptors (Lipinski definition) is 6. The molecule has 0 unspecified atom stereocenters. The summed E-state index contributed by atoms with van der Waals surface area (Å²) >= 11 is 0. The molecule has 1 amide bonds. The molecule has 8 heteroatoms. The van der Waals surface area contributed by atoms with Crippen molar-refractivity contribution >= 4 is 11.7 Å². The van der Waals surface area contributed by atoms with Crippen LogP contribution in [0.15, 0.2) is 16.9 Å². The zero-order chi connectivity index (χ0) is 12.3. The van der Waals surface area contributed by atoms with E-state index in [0.29, 0.717) is 13.0 Å². The highest BCUT2D eigenvalue weighted by molar-refractivity contribution is 5.95. The van der Waals surface area contributed by atoms with E-state index >= 15 is 0 Å². The molecule has 0 atom stereocenters. The van der Waals surface area contributed by atoms with Gasteiger partial charge in [-0.1, -0.05) is 0 Å². The van der Waals surface area contributed by atoms with Crippen LogP contribution in [0.5, 0.6) is 0 Å². The number of carbonyl (C=O) groups excluding carboxylic acids is 1. The van der Waals surface area contributed by atoms with Gasteiger partial charge in [0.25, 0.3) is 5.91 Å². The van der Waals surface area contributed by atoms with E-state index in [9.17, 15) is 4.79 Å². The van der Waals surface area contributed by atoms with E-state index in [-0.39, 0.29) is 11.5 Å². The first-order valence-electron chi connectivity index (χ1n) is 5.01. The van der Waals surface area contributed by atoms with Crippen molar-refractivity contribution < 1.29 is 9.42 Å². The van der Waals surface area contributed by atoms with Gasteiger partial charge in [0.2, 0.25) is 11.5 Å². The van der Waals surface area contributed by atoms with Crippen molar-refractivity contribution in [1.29, 1.82) is 0 Å². The Kier molecular flexibility index (Phi) is 3.03. The second kappa shape index (κ2) is 4.64. The Labute approximate surface area is 96.7 Å². The number of nitrogens with one attached hydrogen (secondary N) is 1. The molecule has 0 aliphatic rings. The van der Waals surface area contributed by atoms with Crippen LogP contribution in [-0.4, -0.2) is 32.5 Å². The van der Waals surface area contributed by atoms with Gasteiger partial charge in [0.05, 0.1) is 5.69 Å². The van der Waals surface area contributed by atoms with Crippen molar-refractivity contribution in [2.75, 3.05) is 12.3 Å².